The first-order valence-corrected chi connectivity index (χ1v) is 8.24. The van der Waals surface area contributed by atoms with Gasteiger partial charge in [0.2, 0.25) is 0 Å². The molecule has 1 fully saturated rings. The molecular weight excluding hydrogens is 268 g/mol. The molecule has 2 heterocycles. The Balaban J connectivity index is 1.96. The van der Waals surface area contributed by atoms with Gasteiger partial charge in [0, 0.05) is 23.9 Å². The Kier molecular flexibility index (Phi) is 4.68. The van der Waals surface area contributed by atoms with Gasteiger partial charge in [0.15, 0.2) is 5.96 Å². The quantitative estimate of drug-likeness (QED) is 0.674. The number of nitrogens with zero attached hydrogens (tertiary/aromatic N) is 3. The summed E-state index contributed by atoms with van der Waals surface area (Å²) in [6.07, 6.45) is 2.51. The van der Waals surface area contributed by atoms with Crippen LogP contribution < -0.4 is 5.73 Å². The van der Waals surface area contributed by atoms with Crippen molar-refractivity contribution in [3.63, 3.8) is 0 Å². The molecule has 1 aliphatic rings. The number of likely N-dealkylation sites (tertiary alicyclic amines) is 1. The first-order valence-electron chi connectivity index (χ1n) is 7.36. The zero-order valence-electron chi connectivity index (χ0n) is 13.0. The third kappa shape index (κ3) is 3.95. The molecular formula is C15H26N4S. The van der Waals surface area contributed by atoms with Gasteiger partial charge in [0.25, 0.3) is 0 Å². The maximum atomic E-state index is 6.10. The highest BCUT2D eigenvalue weighted by molar-refractivity contribution is 7.09. The van der Waals surface area contributed by atoms with Crippen LogP contribution in [0.5, 0.6) is 0 Å². The van der Waals surface area contributed by atoms with Gasteiger partial charge in [-0.15, -0.1) is 11.3 Å². The minimum atomic E-state index is 0.112. The average Bonchev–Trinajstić information content (AvgIpc) is 2.84. The van der Waals surface area contributed by atoms with E-state index < -0.39 is 0 Å². The molecule has 0 bridgehead atoms. The lowest BCUT2D eigenvalue weighted by Crippen LogP contribution is -2.43. The van der Waals surface area contributed by atoms with Crippen molar-refractivity contribution < 1.29 is 0 Å². The molecule has 0 amide bonds. The fraction of sp³-hybridized carbons (Fsp3) is 0.733. The number of hydrogen-bond acceptors (Lipinski definition) is 3. The zero-order chi connectivity index (χ0) is 14.8. The summed E-state index contributed by atoms with van der Waals surface area (Å²) in [5, 5.41) is 3.25. The highest BCUT2D eigenvalue weighted by Crippen LogP contribution is 2.25. The lowest BCUT2D eigenvalue weighted by molar-refractivity contribution is 0.270. The summed E-state index contributed by atoms with van der Waals surface area (Å²) in [5.74, 6) is 1.38. The van der Waals surface area contributed by atoms with Crippen molar-refractivity contribution in [2.24, 2.45) is 16.6 Å². The fourth-order valence-electron chi connectivity index (χ4n) is 2.38. The van der Waals surface area contributed by atoms with Crippen molar-refractivity contribution in [2.45, 2.75) is 52.5 Å². The molecule has 5 heteroatoms. The topological polar surface area (TPSA) is 54.5 Å². The molecule has 4 nitrogen and oxygen atoms in total. The molecule has 1 aromatic heterocycles. The molecule has 0 aliphatic carbocycles. The van der Waals surface area contributed by atoms with Crippen molar-refractivity contribution in [3.8, 4) is 0 Å². The molecule has 112 valence electrons. The van der Waals surface area contributed by atoms with Gasteiger partial charge in [-0.3, -0.25) is 0 Å². The Bertz CT molecular complexity index is 472. The van der Waals surface area contributed by atoms with Gasteiger partial charge in [-0.25, -0.2) is 9.98 Å². The first kappa shape index (κ1) is 15.3. The van der Waals surface area contributed by atoms with E-state index in [0.717, 1.165) is 23.8 Å². The van der Waals surface area contributed by atoms with Crippen LogP contribution >= 0.6 is 11.3 Å². The van der Waals surface area contributed by atoms with E-state index in [2.05, 4.69) is 48.0 Å². The standard InChI is InChI=1S/C15H26N4S/c1-11-6-5-7-19(9-11)14(16)17-8-12-10-20-13(18-12)15(2,3)4/h10-11H,5-9H2,1-4H3,(H2,16,17). The van der Waals surface area contributed by atoms with Crippen LogP contribution in [0.25, 0.3) is 0 Å². The number of aliphatic imine (C=N–C) groups is 1. The summed E-state index contributed by atoms with van der Waals surface area (Å²) in [4.78, 5) is 11.4. The van der Waals surface area contributed by atoms with Crippen LogP contribution in [0, 0.1) is 5.92 Å². The van der Waals surface area contributed by atoms with E-state index in [1.54, 1.807) is 11.3 Å². The van der Waals surface area contributed by atoms with Crippen molar-refractivity contribution >= 4 is 17.3 Å². The molecule has 1 unspecified atom stereocenters. The van der Waals surface area contributed by atoms with E-state index in [0.29, 0.717) is 18.4 Å². The molecule has 2 rings (SSSR count). The SMILES string of the molecule is CC1CCCN(C(N)=NCc2csc(C(C)(C)C)n2)C1. The molecule has 1 saturated heterocycles. The van der Waals surface area contributed by atoms with E-state index in [4.69, 9.17) is 5.73 Å². The second-order valence-corrected chi connectivity index (χ2v) is 7.62. The third-order valence-corrected chi connectivity index (χ3v) is 4.89. The summed E-state index contributed by atoms with van der Waals surface area (Å²) in [6.45, 7) is 11.5. The number of nitrogens with two attached hydrogens (primary N) is 1. The Morgan fingerprint density at radius 1 is 1.55 bits per heavy atom. The summed E-state index contributed by atoms with van der Waals surface area (Å²) < 4.78 is 0. The maximum absolute atomic E-state index is 6.10. The normalized spacial score (nSPS) is 21.3. The van der Waals surface area contributed by atoms with Gasteiger partial charge in [-0.1, -0.05) is 27.7 Å². The summed E-state index contributed by atoms with van der Waals surface area (Å²) in [6, 6.07) is 0. The smallest absolute Gasteiger partial charge is 0.191 e. The highest BCUT2D eigenvalue weighted by atomic mass is 32.1. The van der Waals surface area contributed by atoms with E-state index in [1.165, 1.54) is 12.8 Å². The Labute approximate surface area is 126 Å². The van der Waals surface area contributed by atoms with Crippen LogP contribution in [-0.4, -0.2) is 28.9 Å². The number of guanidine groups is 1. The van der Waals surface area contributed by atoms with Crippen LogP contribution in [0.15, 0.2) is 10.4 Å². The van der Waals surface area contributed by atoms with Crippen LogP contribution in [-0.2, 0) is 12.0 Å². The van der Waals surface area contributed by atoms with Gasteiger partial charge in [-0.2, -0.15) is 0 Å². The van der Waals surface area contributed by atoms with Gasteiger partial charge in [-0.05, 0) is 18.8 Å². The second kappa shape index (κ2) is 6.12. The largest absolute Gasteiger partial charge is 0.370 e. The lowest BCUT2D eigenvalue weighted by Gasteiger charge is -2.31. The fourth-order valence-corrected chi connectivity index (χ4v) is 3.28. The average molecular weight is 294 g/mol. The van der Waals surface area contributed by atoms with E-state index in [1.807, 2.05) is 0 Å². The lowest BCUT2D eigenvalue weighted by atomic mass is 9.98. The molecule has 2 N–H and O–H groups in total. The van der Waals surface area contributed by atoms with Gasteiger partial charge >= 0.3 is 0 Å². The maximum Gasteiger partial charge on any atom is 0.191 e. The summed E-state index contributed by atoms with van der Waals surface area (Å²) in [7, 11) is 0. The van der Waals surface area contributed by atoms with Crippen LogP contribution in [0.3, 0.4) is 0 Å². The number of rotatable bonds is 2. The van der Waals surface area contributed by atoms with Gasteiger partial charge in [0.1, 0.15) is 0 Å². The summed E-state index contributed by atoms with van der Waals surface area (Å²) >= 11 is 1.71. The molecule has 0 spiro atoms. The number of thiazole rings is 1. The van der Waals surface area contributed by atoms with Crippen molar-refractivity contribution in [2.75, 3.05) is 13.1 Å². The van der Waals surface area contributed by atoms with Gasteiger partial charge in [0.05, 0.1) is 17.2 Å². The molecule has 0 radical (unpaired) electrons. The Morgan fingerprint density at radius 2 is 2.30 bits per heavy atom. The van der Waals surface area contributed by atoms with Crippen LogP contribution in [0.4, 0.5) is 0 Å². The molecule has 1 aliphatic heterocycles. The number of piperidine rings is 1. The Morgan fingerprint density at radius 3 is 2.90 bits per heavy atom. The molecule has 20 heavy (non-hydrogen) atoms. The Hall–Kier alpha value is -1.10. The van der Waals surface area contributed by atoms with E-state index in [-0.39, 0.29) is 5.41 Å². The predicted molar refractivity (Wildman–Crippen MR) is 86.1 cm³/mol. The van der Waals surface area contributed by atoms with Crippen LogP contribution in [0.2, 0.25) is 0 Å². The summed E-state index contributed by atoms with van der Waals surface area (Å²) in [5.41, 5.74) is 7.24. The van der Waals surface area contributed by atoms with Crippen LogP contribution in [0.1, 0.15) is 51.2 Å². The highest BCUT2D eigenvalue weighted by Gasteiger charge is 2.19. The molecule has 0 aromatic carbocycles. The molecule has 1 atom stereocenters. The molecule has 1 aromatic rings. The van der Waals surface area contributed by atoms with Crippen molar-refractivity contribution in [1.82, 2.24) is 9.88 Å². The number of hydrogen-bond donors (Lipinski definition) is 1. The third-order valence-electron chi connectivity index (χ3n) is 3.58. The first-order chi connectivity index (χ1) is 9.36. The monoisotopic (exact) mass is 294 g/mol. The molecule has 0 saturated carbocycles. The second-order valence-electron chi connectivity index (χ2n) is 6.76. The van der Waals surface area contributed by atoms with E-state index in [9.17, 15) is 0 Å². The number of aromatic nitrogens is 1. The van der Waals surface area contributed by atoms with Crippen molar-refractivity contribution in [3.05, 3.63) is 16.1 Å². The zero-order valence-corrected chi connectivity index (χ0v) is 13.8. The predicted octanol–water partition coefficient (Wildman–Crippen LogP) is 2.99. The van der Waals surface area contributed by atoms with Gasteiger partial charge < -0.3 is 10.6 Å². The minimum absolute atomic E-state index is 0.112. The van der Waals surface area contributed by atoms with E-state index >= 15 is 0 Å². The minimum Gasteiger partial charge on any atom is -0.370 e. The van der Waals surface area contributed by atoms with Crippen molar-refractivity contribution in [1.29, 1.82) is 0 Å².